The molecule has 1 aromatic heterocycles. The van der Waals surface area contributed by atoms with Crippen molar-refractivity contribution < 1.29 is 4.79 Å². The van der Waals surface area contributed by atoms with Gasteiger partial charge in [-0.25, -0.2) is 0 Å². The van der Waals surface area contributed by atoms with Gasteiger partial charge in [0.2, 0.25) is 0 Å². The number of nitrogens with two attached hydrogens (primary N) is 2. The number of benzene rings is 1. The van der Waals surface area contributed by atoms with Crippen molar-refractivity contribution in [1.29, 1.82) is 5.26 Å². The molecule has 0 saturated heterocycles. The lowest BCUT2D eigenvalue weighted by molar-refractivity contribution is 0.100. The second-order valence-corrected chi connectivity index (χ2v) is 3.81. The van der Waals surface area contributed by atoms with E-state index >= 15 is 0 Å². The van der Waals surface area contributed by atoms with Crippen molar-refractivity contribution in [2.24, 2.45) is 16.5 Å². The van der Waals surface area contributed by atoms with Crippen LogP contribution in [0.25, 0.3) is 5.69 Å². The largest absolute Gasteiger partial charge is 0.370 e. The highest BCUT2D eigenvalue weighted by atomic mass is 16.1. The third kappa shape index (κ3) is 2.79. The van der Waals surface area contributed by atoms with E-state index in [9.17, 15) is 4.79 Å². The van der Waals surface area contributed by atoms with E-state index in [1.165, 1.54) is 0 Å². The van der Waals surface area contributed by atoms with E-state index in [4.69, 9.17) is 16.7 Å². The molecular formula is C13H11N5O. The second-order valence-electron chi connectivity index (χ2n) is 3.81. The van der Waals surface area contributed by atoms with Crippen LogP contribution in [0.2, 0.25) is 0 Å². The number of hydrogen-bond donors (Lipinski definition) is 2. The summed E-state index contributed by atoms with van der Waals surface area (Å²) in [6.45, 7) is 0. The molecule has 0 atom stereocenters. The van der Waals surface area contributed by atoms with Crippen LogP contribution in [0.15, 0.2) is 47.7 Å². The van der Waals surface area contributed by atoms with Gasteiger partial charge in [0.1, 0.15) is 6.07 Å². The van der Waals surface area contributed by atoms with Crippen LogP contribution in [0.4, 0.5) is 0 Å². The molecule has 1 amide bonds. The van der Waals surface area contributed by atoms with Gasteiger partial charge in [0.05, 0.1) is 5.56 Å². The maximum absolute atomic E-state index is 11.7. The van der Waals surface area contributed by atoms with Crippen molar-refractivity contribution in [1.82, 2.24) is 4.57 Å². The normalized spacial score (nSPS) is 9.63. The fourth-order valence-corrected chi connectivity index (χ4v) is 1.60. The maximum atomic E-state index is 11.7. The van der Waals surface area contributed by atoms with Crippen LogP contribution in [-0.2, 0) is 0 Å². The first-order valence-electron chi connectivity index (χ1n) is 5.42. The minimum Gasteiger partial charge on any atom is -0.370 e. The predicted molar refractivity (Wildman–Crippen MR) is 70.6 cm³/mol. The molecule has 0 bridgehead atoms. The molecule has 0 unspecified atom stereocenters. The van der Waals surface area contributed by atoms with Gasteiger partial charge in [0, 0.05) is 23.6 Å². The number of aliphatic imine (C=N–C) groups is 1. The Kier molecular flexibility index (Phi) is 3.30. The first-order valence-corrected chi connectivity index (χ1v) is 5.42. The summed E-state index contributed by atoms with van der Waals surface area (Å²) < 4.78 is 1.74. The van der Waals surface area contributed by atoms with Gasteiger partial charge < -0.3 is 16.0 Å². The molecular weight excluding hydrogens is 242 g/mol. The van der Waals surface area contributed by atoms with Gasteiger partial charge in [0.25, 0.3) is 5.91 Å². The third-order valence-electron chi connectivity index (χ3n) is 2.44. The van der Waals surface area contributed by atoms with E-state index in [2.05, 4.69) is 4.99 Å². The van der Waals surface area contributed by atoms with E-state index < -0.39 is 5.91 Å². The summed E-state index contributed by atoms with van der Waals surface area (Å²) in [5.74, 6) is -0.780. The zero-order valence-electron chi connectivity index (χ0n) is 9.95. The van der Waals surface area contributed by atoms with E-state index in [1.54, 1.807) is 41.2 Å². The van der Waals surface area contributed by atoms with E-state index in [1.807, 2.05) is 12.1 Å². The Bertz CT molecular complexity index is 689. The molecule has 0 aliphatic rings. The molecule has 6 heteroatoms. The fraction of sp³-hybridized carbons (Fsp3) is 0. The van der Waals surface area contributed by atoms with Crippen LogP contribution < -0.4 is 11.5 Å². The Morgan fingerprint density at radius 3 is 2.74 bits per heavy atom. The first kappa shape index (κ1) is 12.4. The number of carbonyl (C=O) groups excluding carboxylic acids is 1. The zero-order valence-corrected chi connectivity index (χ0v) is 9.95. The summed E-state index contributed by atoms with van der Waals surface area (Å²) in [6.07, 6.45) is 3.41. The number of guanidine groups is 1. The Morgan fingerprint density at radius 2 is 2.11 bits per heavy atom. The number of carbonyl (C=O) groups is 1. The highest BCUT2D eigenvalue weighted by Crippen LogP contribution is 2.13. The summed E-state index contributed by atoms with van der Waals surface area (Å²) in [5, 5.41) is 8.78. The SMILES string of the molecule is N#Cc1ccn(-c2cccc(C(=O)N=C(N)N)c2)c1. The second kappa shape index (κ2) is 5.06. The van der Waals surface area contributed by atoms with Crippen LogP contribution in [0.3, 0.4) is 0 Å². The fourth-order valence-electron chi connectivity index (χ4n) is 1.60. The molecule has 0 spiro atoms. The lowest BCUT2D eigenvalue weighted by atomic mass is 10.2. The molecule has 1 heterocycles. The Morgan fingerprint density at radius 1 is 1.32 bits per heavy atom. The third-order valence-corrected chi connectivity index (χ3v) is 2.44. The lowest BCUT2D eigenvalue weighted by Gasteiger charge is -2.04. The molecule has 0 aliphatic heterocycles. The number of hydrogen-bond acceptors (Lipinski definition) is 2. The molecule has 19 heavy (non-hydrogen) atoms. The summed E-state index contributed by atoms with van der Waals surface area (Å²) in [5.41, 5.74) is 12.0. The van der Waals surface area contributed by atoms with Gasteiger partial charge in [-0.05, 0) is 24.3 Å². The Labute approximate surface area is 109 Å². The van der Waals surface area contributed by atoms with Gasteiger partial charge in [-0.2, -0.15) is 10.3 Å². The minimum atomic E-state index is -0.505. The molecule has 94 valence electrons. The molecule has 2 aromatic rings. The highest BCUT2D eigenvalue weighted by Gasteiger charge is 2.06. The van der Waals surface area contributed by atoms with Crippen LogP contribution in [0, 0.1) is 11.3 Å². The molecule has 1 aromatic carbocycles. The summed E-state index contributed by atoms with van der Waals surface area (Å²) in [4.78, 5) is 15.2. The van der Waals surface area contributed by atoms with Crippen LogP contribution in [-0.4, -0.2) is 16.4 Å². The van der Waals surface area contributed by atoms with Crippen molar-refractivity contribution in [3.8, 4) is 11.8 Å². The van der Waals surface area contributed by atoms with Gasteiger partial charge >= 0.3 is 0 Å². The maximum Gasteiger partial charge on any atom is 0.280 e. The number of nitriles is 1. The predicted octanol–water partition coefficient (Wildman–Crippen LogP) is 0.763. The van der Waals surface area contributed by atoms with E-state index in [0.29, 0.717) is 11.1 Å². The Hall–Kier alpha value is -3.07. The van der Waals surface area contributed by atoms with Crippen LogP contribution in [0.1, 0.15) is 15.9 Å². The quantitative estimate of drug-likeness (QED) is 0.608. The van der Waals surface area contributed by atoms with Gasteiger partial charge in [-0.3, -0.25) is 4.79 Å². The molecule has 0 saturated carbocycles. The number of amides is 1. The monoisotopic (exact) mass is 253 g/mol. The molecule has 2 rings (SSSR count). The van der Waals surface area contributed by atoms with Crippen molar-refractivity contribution in [2.45, 2.75) is 0 Å². The smallest absolute Gasteiger partial charge is 0.280 e. The standard InChI is InChI=1S/C13H11N5O/c14-7-9-4-5-18(8-9)11-3-1-2-10(6-11)12(19)17-13(15)16/h1-6,8H,(H4,15,16,17,19). The molecule has 0 radical (unpaired) electrons. The average Bonchev–Trinajstić information content (AvgIpc) is 2.87. The molecule has 6 nitrogen and oxygen atoms in total. The summed E-state index contributed by atoms with van der Waals surface area (Å²) in [7, 11) is 0. The topological polar surface area (TPSA) is 110 Å². The van der Waals surface area contributed by atoms with Crippen LogP contribution in [0.5, 0.6) is 0 Å². The number of aromatic nitrogens is 1. The minimum absolute atomic E-state index is 0.275. The van der Waals surface area contributed by atoms with E-state index in [0.717, 1.165) is 5.69 Å². The van der Waals surface area contributed by atoms with E-state index in [-0.39, 0.29) is 5.96 Å². The van der Waals surface area contributed by atoms with Crippen LogP contribution >= 0.6 is 0 Å². The molecule has 0 aliphatic carbocycles. The lowest BCUT2D eigenvalue weighted by Crippen LogP contribution is -2.24. The number of nitrogens with zero attached hydrogens (tertiary/aromatic N) is 3. The van der Waals surface area contributed by atoms with Gasteiger partial charge in [0.15, 0.2) is 5.96 Å². The van der Waals surface area contributed by atoms with Crippen molar-refractivity contribution in [3.63, 3.8) is 0 Å². The van der Waals surface area contributed by atoms with Crippen molar-refractivity contribution in [3.05, 3.63) is 53.9 Å². The van der Waals surface area contributed by atoms with Gasteiger partial charge in [-0.15, -0.1) is 0 Å². The molecule has 0 fully saturated rings. The number of rotatable bonds is 2. The van der Waals surface area contributed by atoms with Crippen molar-refractivity contribution >= 4 is 11.9 Å². The molecule has 4 N–H and O–H groups in total. The van der Waals surface area contributed by atoms with Crippen molar-refractivity contribution in [2.75, 3.05) is 0 Å². The zero-order chi connectivity index (χ0) is 13.8. The summed E-state index contributed by atoms with van der Waals surface area (Å²) in [6, 6.07) is 10.5. The summed E-state index contributed by atoms with van der Waals surface area (Å²) >= 11 is 0. The Balaban J connectivity index is 2.37. The average molecular weight is 253 g/mol. The highest BCUT2D eigenvalue weighted by molar-refractivity contribution is 6.02. The van der Waals surface area contributed by atoms with Gasteiger partial charge in [-0.1, -0.05) is 6.07 Å². The first-order chi connectivity index (χ1) is 9.10.